The van der Waals surface area contributed by atoms with Crippen LogP contribution in [0.4, 0.5) is 0 Å². The molecule has 0 spiro atoms. The summed E-state index contributed by atoms with van der Waals surface area (Å²) in [5, 5.41) is 20.9. The number of carbonyl (C=O) groups is 2. The number of hydrogen-bond acceptors (Lipinski definition) is 5. The van der Waals surface area contributed by atoms with Gasteiger partial charge in [-0.3, -0.25) is 9.59 Å². The highest BCUT2D eigenvalue weighted by atomic mass is 16.5. The van der Waals surface area contributed by atoms with Crippen molar-refractivity contribution in [2.45, 2.75) is 85.4 Å². The first kappa shape index (κ1) is 25.2. The maximum atomic E-state index is 13.6. The summed E-state index contributed by atoms with van der Waals surface area (Å²) < 4.78 is 5.34. The second-order valence-corrected chi connectivity index (χ2v) is 11.0. The molecule has 5 nitrogen and oxygen atoms in total. The standard InChI is InChI=1S/C27H42O5/c1-16(2)6-7-17(3)23-10-11-24(27(23,5)12-13-32-18(4)28)22-15-25(30)21-14-19(29)8-9-20(21)26(22)31/h6-7,15-17,19-21,23-25,29-30H,8-14H2,1-5H3/b7-6+/t17-,19+,20+,21+,23-,24+,25+,27-/m1/s1. The van der Waals surface area contributed by atoms with Crippen molar-refractivity contribution < 1.29 is 24.5 Å². The molecule has 0 aromatic carbocycles. The van der Waals surface area contributed by atoms with E-state index in [1.54, 1.807) is 6.08 Å². The summed E-state index contributed by atoms with van der Waals surface area (Å²) in [6.07, 6.45) is 9.63. The molecule has 0 aromatic rings. The van der Waals surface area contributed by atoms with Gasteiger partial charge in [0.25, 0.3) is 0 Å². The number of ketones is 1. The first-order valence-electron chi connectivity index (χ1n) is 12.5. The molecule has 0 bridgehead atoms. The maximum absolute atomic E-state index is 13.6. The average Bonchev–Trinajstić information content (AvgIpc) is 3.05. The molecule has 3 aliphatic carbocycles. The van der Waals surface area contributed by atoms with Gasteiger partial charge in [0.05, 0.1) is 18.8 Å². The maximum Gasteiger partial charge on any atom is 0.302 e. The van der Waals surface area contributed by atoms with Gasteiger partial charge in [0.2, 0.25) is 0 Å². The molecule has 32 heavy (non-hydrogen) atoms. The molecule has 0 aliphatic heterocycles. The Bertz CT molecular complexity index is 753. The van der Waals surface area contributed by atoms with Crippen molar-refractivity contribution >= 4 is 11.8 Å². The summed E-state index contributed by atoms with van der Waals surface area (Å²) in [4.78, 5) is 25.0. The van der Waals surface area contributed by atoms with Gasteiger partial charge >= 0.3 is 5.97 Å². The molecule has 0 unspecified atom stereocenters. The Kier molecular flexibility index (Phi) is 8.03. The third-order valence-electron chi connectivity index (χ3n) is 8.45. The number of Topliss-reactive ketones (excluding diaryl/α,β-unsaturated/α-hetero) is 1. The average molecular weight is 447 g/mol. The number of allylic oxidation sites excluding steroid dienone is 3. The molecular formula is C27H42O5. The molecule has 3 aliphatic rings. The van der Waals surface area contributed by atoms with Crippen LogP contribution < -0.4 is 0 Å². The smallest absolute Gasteiger partial charge is 0.302 e. The minimum absolute atomic E-state index is 0.0490. The Labute approximate surface area is 193 Å². The van der Waals surface area contributed by atoms with Crippen molar-refractivity contribution in [3.05, 3.63) is 23.8 Å². The molecule has 0 heterocycles. The van der Waals surface area contributed by atoms with E-state index in [0.29, 0.717) is 50.0 Å². The highest BCUT2D eigenvalue weighted by Gasteiger charge is 2.53. The van der Waals surface area contributed by atoms with E-state index >= 15 is 0 Å². The number of aliphatic hydroxyl groups is 2. The predicted octanol–water partition coefficient (Wildman–Crippen LogP) is 4.47. The SMILES string of the molecule is CC(=O)OCC[C@]1(C)[C@@H]([C@H](C)/C=C/C(C)C)CC[C@H]1C1=C[C@H](O)[C@H]2C[C@@H](O)CC[C@@H]2C1=O. The van der Waals surface area contributed by atoms with Gasteiger partial charge in [-0.15, -0.1) is 0 Å². The van der Waals surface area contributed by atoms with Crippen LogP contribution in [0.2, 0.25) is 0 Å². The van der Waals surface area contributed by atoms with Crippen LogP contribution in [0, 0.1) is 40.9 Å². The summed E-state index contributed by atoms with van der Waals surface area (Å²) in [5.41, 5.74) is 0.585. The van der Waals surface area contributed by atoms with Crippen LogP contribution in [0.15, 0.2) is 23.8 Å². The largest absolute Gasteiger partial charge is 0.466 e. The normalized spacial score (nSPS) is 38.6. The molecule has 3 rings (SSSR count). The van der Waals surface area contributed by atoms with E-state index in [1.807, 2.05) is 0 Å². The Morgan fingerprint density at radius 2 is 1.91 bits per heavy atom. The van der Waals surface area contributed by atoms with Gasteiger partial charge in [-0.25, -0.2) is 0 Å². The van der Waals surface area contributed by atoms with Crippen LogP contribution in [-0.2, 0) is 14.3 Å². The molecule has 2 fully saturated rings. The summed E-state index contributed by atoms with van der Waals surface area (Å²) in [5.74, 6) is 0.782. The van der Waals surface area contributed by atoms with Gasteiger partial charge in [-0.2, -0.15) is 0 Å². The number of esters is 1. The zero-order valence-corrected chi connectivity index (χ0v) is 20.4. The molecule has 180 valence electrons. The van der Waals surface area contributed by atoms with Crippen molar-refractivity contribution in [1.29, 1.82) is 0 Å². The van der Waals surface area contributed by atoms with Crippen LogP contribution in [0.5, 0.6) is 0 Å². The highest BCUT2D eigenvalue weighted by molar-refractivity contribution is 5.99. The lowest BCUT2D eigenvalue weighted by Crippen LogP contribution is -2.45. The second kappa shape index (κ2) is 10.2. The Balaban J connectivity index is 1.90. The van der Waals surface area contributed by atoms with Crippen LogP contribution in [0.25, 0.3) is 0 Å². The van der Waals surface area contributed by atoms with Crippen LogP contribution in [0.1, 0.15) is 73.1 Å². The van der Waals surface area contributed by atoms with Crippen LogP contribution in [-0.4, -0.2) is 40.8 Å². The summed E-state index contributed by atoms with van der Waals surface area (Å²) in [6, 6.07) is 0. The minimum atomic E-state index is -0.683. The summed E-state index contributed by atoms with van der Waals surface area (Å²) in [7, 11) is 0. The number of ether oxygens (including phenoxy) is 1. The molecular weight excluding hydrogens is 404 g/mol. The molecule has 0 amide bonds. The fourth-order valence-electron chi connectivity index (χ4n) is 6.72. The molecule has 0 saturated heterocycles. The van der Waals surface area contributed by atoms with Crippen LogP contribution in [0.3, 0.4) is 0 Å². The van der Waals surface area contributed by atoms with Gasteiger partial charge in [0.15, 0.2) is 5.78 Å². The fourth-order valence-corrected chi connectivity index (χ4v) is 6.72. The molecule has 2 saturated carbocycles. The minimum Gasteiger partial charge on any atom is -0.466 e. The van der Waals surface area contributed by atoms with Gasteiger partial charge in [0, 0.05) is 18.8 Å². The van der Waals surface area contributed by atoms with Gasteiger partial charge in [-0.1, -0.05) is 39.8 Å². The van der Waals surface area contributed by atoms with Crippen molar-refractivity contribution in [2.24, 2.45) is 40.9 Å². The first-order valence-corrected chi connectivity index (χ1v) is 12.5. The van der Waals surface area contributed by atoms with E-state index in [9.17, 15) is 19.8 Å². The molecule has 0 radical (unpaired) electrons. The number of aliphatic hydroxyl groups excluding tert-OH is 2. The Morgan fingerprint density at radius 1 is 1.19 bits per heavy atom. The number of rotatable bonds is 7. The third kappa shape index (κ3) is 5.20. The number of hydrogen-bond donors (Lipinski definition) is 2. The van der Waals surface area contributed by atoms with E-state index in [1.165, 1.54) is 6.92 Å². The van der Waals surface area contributed by atoms with E-state index in [0.717, 1.165) is 18.4 Å². The van der Waals surface area contributed by atoms with E-state index in [4.69, 9.17) is 4.74 Å². The molecule has 0 aromatic heterocycles. The topological polar surface area (TPSA) is 83.8 Å². The molecule has 8 atom stereocenters. The van der Waals surface area contributed by atoms with E-state index in [2.05, 4.69) is 39.8 Å². The zero-order chi connectivity index (χ0) is 23.6. The quantitative estimate of drug-likeness (QED) is 0.445. The van der Waals surface area contributed by atoms with E-state index < -0.39 is 12.2 Å². The van der Waals surface area contributed by atoms with Crippen molar-refractivity contribution in [1.82, 2.24) is 0 Å². The third-order valence-corrected chi connectivity index (χ3v) is 8.45. The van der Waals surface area contributed by atoms with Crippen molar-refractivity contribution in [3.63, 3.8) is 0 Å². The second-order valence-electron chi connectivity index (χ2n) is 11.0. The highest BCUT2D eigenvalue weighted by Crippen LogP contribution is 2.57. The van der Waals surface area contributed by atoms with Crippen molar-refractivity contribution in [3.8, 4) is 0 Å². The Morgan fingerprint density at radius 3 is 2.56 bits per heavy atom. The Hall–Kier alpha value is -1.46. The lowest BCUT2D eigenvalue weighted by atomic mass is 9.60. The van der Waals surface area contributed by atoms with Gasteiger partial charge < -0.3 is 14.9 Å². The monoisotopic (exact) mass is 446 g/mol. The number of fused-ring (bicyclic) bond motifs is 1. The fraction of sp³-hybridized carbons (Fsp3) is 0.778. The first-order chi connectivity index (χ1) is 15.0. The number of carbonyl (C=O) groups excluding carboxylic acids is 2. The lowest BCUT2D eigenvalue weighted by Gasteiger charge is -2.44. The molecule has 5 heteroatoms. The summed E-state index contributed by atoms with van der Waals surface area (Å²) in [6.45, 7) is 10.6. The summed E-state index contributed by atoms with van der Waals surface area (Å²) >= 11 is 0. The van der Waals surface area contributed by atoms with Gasteiger partial charge in [-0.05, 0) is 79.3 Å². The van der Waals surface area contributed by atoms with E-state index in [-0.39, 0.29) is 34.9 Å². The van der Waals surface area contributed by atoms with Gasteiger partial charge in [0.1, 0.15) is 0 Å². The lowest BCUT2D eigenvalue weighted by molar-refractivity contribution is -0.142. The zero-order valence-electron chi connectivity index (χ0n) is 20.4. The molecule has 2 N–H and O–H groups in total. The van der Waals surface area contributed by atoms with Crippen molar-refractivity contribution in [2.75, 3.05) is 6.61 Å². The van der Waals surface area contributed by atoms with Crippen LogP contribution >= 0.6 is 0 Å². The predicted molar refractivity (Wildman–Crippen MR) is 125 cm³/mol.